The normalized spacial score (nSPS) is 40.1. The van der Waals surface area contributed by atoms with E-state index in [9.17, 15) is 0 Å². The van der Waals surface area contributed by atoms with E-state index in [-0.39, 0.29) is 0 Å². The van der Waals surface area contributed by atoms with Crippen molar-refractivity contribution in [1.82, 2.24) is 0 Å². The zero-order chi connectivity index (χ0) is 23.5. The molecule has 0 aromatic rings. The van der Waals surface area contributed by atoms with Gasteiger partial charge in [-0.2, -0.15) is 0 Å². The van der Waals surface area contributed by atoms with Crippen LogP contribution in [0.25, 0.3) is 0 Å². The van der Waals surface area contributed by atoms with Crippen LogP contribution in [-0.4, -0.2) is 0 Å². The van der Waals surface area contributed by atoms with Gasteiger partial charge in [-0.1, -0.05) is 82.6 Å². The van der Waals surface area contributed by atoms with Gasteiger partial charge in [-0.3, -0.25) is 0 Å². The first-order valence-electron chi connectivity index (χ1n) is 14.5. The smallest absolute Gasteiger partial charge is 0.0326 e. The second-order valence-electron chi connectivity index (χ2n) is 13.6. The lowest BCUT2D eigenvalue weighted by Crippen LogP contribution is -2.37. The number of fused-ring (bicyclic) bond motifs is 1. The van der Waals surface area contributed by atoms with Gasteiger partial charge >= 0.3 is 0 Å². The number of rotatable bonds is 6. The standard InChI is InChI=1S/C17H32.C14H28/c1-10(2)14-8-15(11(3)4)17-13(6)7-12(5)16(17)9-14;1-6-11(4)13-7-8-14(9-13)12(5)10(2)3/h10-17H,7-9H2,1-6H3;10-14H,6-9H2,1-5H3. The molecule has 0 spiro atoms. The molecule has 0 nitrogen and oxygen atoms in total. The minimum Gasteiger partial charge on any atom is -0.0651 e. The first-order valence-corrected chi connectivity index (χ1v) is 14.5. The average Bonchev–Trinajstić information content (AvgIpc) is 3.31. The van der Waals surface area contributed by atoms with E-state index < -0.39 is 0 Å². The first-order chi connectivity index (χ1) is 14.5. The maximum absolute atomic E-state index is 2.52. The quantitative estimate of drug-likeness (QED) is 0.391. The van der Waals surface area contributed by atoms with Crippen molar-refractivity contribution in [2.24, 2.45) is 76.9 Å². The Balaban J connectivity index is 0.000000225. The molecule has 31 heavy (non-hydrogen) atoms. The molecule has 0 N–H and O–H groups in total. The van der Waals surface area contributed by atoms with Crippen molar-refractivity contribution in [3.63, 3.8) is 0 Å². The highest BCUT2D eigenvalue weighted by Crippen LogP contribution is 2.55. The zero-order valence-corrected chi connectivity index (χ0v) is 23.5. The fourth-order valence-electron chi connectivity index (χ4n) is 7.99. The second kappa shape index (κ2) is 11.9. The average molecular weight is 433 g/mol. The van der Waals surface area contributed by atoms with Crippen LogP contribution >= 0.6 is 0 Å². The molecule has 10 unspecified atom stereocenters. The summed E-state index contributed by atoms with van der Waals surface area (Å²) in [4.78, 5) is 0. The van der Waals surface area contributed by atoms with Crippen molar-refractivity contribution in [3.8, 4) is 0 Å². The lowest BCUT2D eigenvalue weighted by molar-refractivity contribution is 0.0441. The van der Waals surface area contributed by atoms with Crippen LogP contribution in [0.15, 0.2) is 0 Å². The van der Waals surface area contributed by atoms with Gasteiger partial charge in [0.15, 0.2) is 0 Å². The van der Waals surface area contributed by atoms with E-state index in [1.165, 1.54) is 44.9 Å². The van der Waals surface area contributed by atoms with Crippen LogP contribution in [-0.2, 0) is 0 Å². The van der Waals surface area contributed by atoms with Crippen molar-refractivity contribution in [2.45, 2.75) is 121 Å². The van der Waals surface area contributed by atoms with Crippen LogP contribution in [0.1, 0.15) is 121 Å². The molecule has 3 rings (SSSR count). The van der Waals surface area contributed by atoms with E-state index >= 15 is 0 Å². The molecule has 0 radical (unpaired) electrons. The molecule has 0 aliphatic heterocycles. The Labute approximate surface area is 198 Å². The third kappa shape index (κ3) is 6.76. The molecular weight excluding hydrogens is 372 g/mol. The van der Waals surface area contributed by atoms with Crippen LogP contribution in [0, 0.1) is 76.9 Å². The SMILES string of the molecule is CC(C)C1CC(C(C)C)C2C(C)CC(C)C2C1.CCC(C)C1CCC(C(C)C(C)C)C1. The predicted molar refractivity (Wildman–Crippen MR) is 140 cm³/mol. The minimum atomic E-state index is 0.871. The molecule has 0 aromatic carbocycles. The van der Waals surface area contributed by atoms with E-state index in [2.05, 4.69) is 76.2 Å². The molecule has 10 atom stereocenters. The van der Waals surface area contributed by atoms with Crippen LogP contribution in [0.4, 0.5) is 0 Å². The fourth-order valence-corrected chi connectivity index (χ4v) is 7.99. The Morgan fingerprint density at radius 1 is 0.645 bits per heavy atom. The lowest BCUT2D eigenvalue weighted by Gasteiger charge is -2.44. The van der Waals surface area contributed by atoms with E-state index in [1.807, 2.05) is 0 Å². The molecule has 0 saturated heterocycles. The highest BCUT2D eigenvalue weighted by Gasteiger charge is 2.48. The molecule has 0 amide bonds. The Morgan fingerprint density at radius 3 is 1.77 bits per heavy atom. The van der Waals surface area contributed by atoms with Gasteiger partial charge in [-0.25, -0.2) is 0 Å². The van der Waals surface area contributed by atoms with Gasteiger partial charge in [0, 0.05) is 0 Å². The van der Waals surface area contributed by atoms with Gasteiger partial charge < -0.3 is 0 Å². The summed E-state index contributed by atoms with van der Waals surface area (Å²) in [6.45, 7) is 26.8. The van der Waals surface area contributed by atoms with Crippen LogP contribution < -0.4 is 0 Å². The Hall–Kier alpha value is 0. The highest BCUT2D eigenvalue weighted by molar-refractivity contribution is 4.97. The molecule has 184 valence electrons. The van der Waals surface area contributed by atoms with Gasteiger partial charge in [0.05, 0.1) is 0 Å². The summed E-state index contributed by atoms with van der Waals surface area (Å²) in [6, 6.07) is 0. The molecule has 3 saturated carbocycles. The van der Waals surface area contributed by atoms with Crippen molar-refractivity contribution in [3.05, 3.63) is 0 Å². The third-order valence-corrected chi connectivity index (χ3v) is 10.8. The molecular formula is C31H60. The summed E-state index contributed by atoms with van der Waals surface area (Å²) in [5.41, 5.74) is 0. The zero-order valence-electron chi connectivity index (χ0n) is 23.5. The van der Waals surface area contributed by atoms with Gasteiger partial charge in [0.2, 0.25) is 0 Å². The van der Waals surface area contributed by atoms with E-state index in [4.69, 9.17) is 0 Å². The number of hydrogen-bond donors (Lipinski definition) is 0. The molecule has 3 fully saturated rings. The van der Waals surface area contributed by atoms with Crippen LogP contribution in [0.5, 0.6) is 0 Å². The summed E-state index contributed by atoms with van der Waals surface area (Å²) in [5.74, 6) is 12.6. The van der Waals surface area contributed by atoms with E-state index in [1.54, 1.807) is 0 Å². The maximum Gasteiger partial charge on any atom is -0.0326 e. The summed E-state index contributed by atoms with van der Waals surface area (Å²) < 4.78 is 0. The monoisotopic (exact) mass is 432 g/mol. The fraction of sp³-hybridized carbons (Fsp3) is 1.00. The molecule has 0 bridgehead atoms. The van der Waals surface area contributed by atoms with Gasteiger partial charge in [-0.05, 0) is 115 Å². The topological polar surface area (TPSA) is 0 Å². The Kier molecular flexibility index (Phi) is 10.5. The summed E-state index contributed by atoms with van der Waals surface area (Å²) >= 11 is 0. The highest BCUT2D eigenvalue weighted by atomic mass is 14.5. The summed E-state index contributed by atoms with van der Waals surface area (Å²) in [5, 5.41) is 0. The van der Waals surface area contributed by atoms with Gasteiger partial charge in [-0.15, -0.1) is 0 Å². The summed E-state index contributed by atoms with van der Waals surface area (Å²) in [6.07, 6.45) is 10.4. The van der Waals surface area contributed by atoms with Crippen molar-refractivity contribution < 1.29 is 0 Å². The summed E-state index contributed by atoms with van der Waals surface area (Å²) in [7, 11) is 0. The van der Waals surface area contributed by atoms with E-state index in [0.29, 0.717) is 0 Å². The molecule has 0 aromatic heterocycles. The molecule has 3 aliphatic rings. The molecule has 0 heteroatoms. The largest absolute Gasteiger partial charge is 0.0651 e. The third-order valence-electron chi connectivity index (χ3n) is 10.8. The number of hydrogen-bond acceptors (Lipinski definition) is 0. The second-order valence-corrected chi connectivity index (χ2v) is 13.6. The van der Waals surface area contributed by atoms with Crippen molar-refractivity contribution in [2.75, 3.05) is 0 Å². The van der Waals surface area contributed by atoms with Crippen LogP contribution in [0.3, 0.4) is 0 Å². The van der Waals surface area contributed by atoms with Crippen LogP contribution in [0.2, 0.25) is 0 Å². The first kappa shape index (κ1) is 27.2. The van der Waals surface area contributed by atoms with Crippen molar-refractivity contribution in [1.29, 1.82) is 0 Å². The maximum atomic E-state index is 2.52. The molecule has 3 aliphatic carbocycles. The van der Waals surface area contributed by atoms with Gasteiger partial charge in [0.1, 0.15) is 0 Å². The Morgan fingerprint density at radius 2 is 1.26 bits per heavy atom. The Bertz CT molecular complexity index is 502. The lowest BCUT2D eigenvalue weighted by atomic mass is 9.61. The van der Waals surface area contributed by atoms with E-state index in [0.717, 1.165) is 76.9 Å². The van der Waals surface area contributed by atoms with Crippen molar-refractivity contribution >= 4 is 0 Å². The van der Waals surface area contributed by atoms with Gasteiger partial charge in [0.25, 0.3) is 0 Å². The predicted octanol–water partition coefficient (Wildman–Crippen LogP) is 9.97. The molecule has 0 heterocycles. The minimum absolute atomic E-state index is 0.871.